The van der Waals surface area contributed by atoms with Crippen molar-refractivity contribution in [2.75, 3.05) is 11.9 Å². The molecule has 0 amide bonds. The minimum Gasteiger partial charge on any atom is -0.385 e. The zero-order valence-corrected chi connectivity index (χ0v) is 10.6. The van der Waals surface area contributed by atoms with Crippen molar-refractivity contribution in [1.29, 1.82) is 0 Å². The number of nitrogens with one attached hydrogen (secondary N) is 1. The van der Waals surface area contributed by atoms with Gasteiger partial charge in [-0.05, 0) is 43.0 Å². The molecular formula is C15H22FN. The molecule has 1 aromatic rings. The summed E-state index contributed by atoms with van der Waals surface area (Å²) in [5.41, 5.74) is 2.07. The second-order valence-corrected chi connectivity index (χ2v) is 5.18. The normalized spacial score (nSPS) is 17.1. The average Bonchev–Trinajstić information content (AvgIpc) is 2.33. The van der Waals surface area contributed by atoms with Crippen LogP contribution in [-0.2, 0) is 0 Å². The molecule has 1 N–H and O–H groups in total. The van der Waals surface area contributed by atoms with Gasteiger partial charge in [0.05, 0.1) is 0 Å². The Labute approximate surface area is 103 Å². The molecule has 0 heterocycles. The summed E-state index contributed by atoms with van der Waals surface area (Å²) < 4.78 is 12.9. The van der Waals surface area contributed by atoms with Crippen LogP contribution >= 0.6 is 0 Å². The molecule has 0 aromatic heterocycles. The van der Waals surface area contributed by atoms with Crippen LogP contribution < -0.4 is 5.32 Å². The van der Waals surface area contributed by atoms with Gasteiger partial charge in [0.1, 0.15) is 5.82 Å². The molecule has 1 fully saturated rings. The summed E-state index contributed by atoms with van der Waals surface area (Å²) in [6, 6.07) is 4.95. The van der Waals surface area contributed by atoms with Crippen LogP contribution in [0.1, 0.15) is 44.1 Å². The molecule has 0 aliphatic heterocycles. The highest BCUT2D eigenvalue weighted by Gasteiger charge is 2.12. The van der Waals surface area contributed by atoms with Gasteiger partial charge in [-0.3, -0.25) is 0 Å². The molecule has 0 radical (unpaired) electrons. The molecule has 1 aromatic carbocycles. The molecule has 1 aliphatic carbocycles. The first-order valence-corrected chi connectivity index (χ1v) is 6.76. The number of hydrogen-bond acceptors (Lipinski definition) is 1. The zero-order chi connectivity index (χ0) is 12.1. The predicted octanol–water partition coefficient (Wildman–Crippen LogP) is 4.52. The van der Waals surface area contributed by atoms with Gasteiger partial charge < -0.3 is 5.32 Å². The zero-order valence-electron chi connectivity index (χ0n) is 10.6. The smallest absolute Gasteiger partial charge is 0.123 e. The van der Waals surface area contributed by atoms with E-state index in [-0.39, 0.29) is 5.82 Å². The summed E-state index contributed by atoms with van der Waals surface area (Å²) in [6.45, 7) is 2.96. The third-order valence-corrected chi connectivity index (χ3v) is 3.78. The van der Waals surface area contributed by atoms with E-state index in [1.165, 1.54) is 44.6 Å². The van der Waals surface area contributed by atoms with E-state index < -0.39 is 0 Å². The number of anilines is 1. The standard InChI is InChI=1S/C15H22FN/c1-12-11-14(16)7-8-15(12)17-10-9-13-5-3-2-4-6-13/h7-8,11,13,17H,2-6,9-10H2,1H3. The Kier molecular flexibility index (Phi) is 4.41. The first-order chi connectivity index (χ1) is 8.25. The lowest BCUT2D eigenvalue weighted by Crippen LogP contribution is -2.12. The Balaban J connectivity index is 1.77. The van der Waals surface area contributed by atoms with Gasteiger partial charge in [-0.25, -0.2) is 4.39 Å². The molecule has 1 saturated carbocycles. The number of halogens is 1. The Hall–Kier alpha value is -1.05. The van der Waals surface area contributed by atoms with Crippen molar-refractivity contribution in [2.45, 2.75) is 45.4 Å². The van der Waals surface area contributed by atoms with Crippen molar-refractivity contribution in [3.63, 3.8) is 0 Å². The van der Waals surface area contributed by atoms with E-state index in [9.17, 15) is 4.39 Å². The largest absolute Gasteiger partial charge is 0.385 e. The van der Waals surface area contributed by atoms with Crippen LogP contribution in [0, 0.1) is 18.7 Å². The van der Waals surface area contributed by atoms with E-state index in [1.54, 1.807) is 6.07 Å². The van der Waals surface area contributed by atoms with Gasteiger partial charge in [0.15, 0.2) is 0 Å². The van der Waals surface area contributed by atoms with Crippen molar-refractivity contribution in [2.24, 2.45) is 5.92 Å². The second kappa shape index (κ2) is 6.04. The fourth-order valence-corrected chi connectivity index (χ4v) is 2.71. The van der Waals surface area contributed by atoms with Crippen LogP contribution in [0.4, 0.5) is 10.1 Å². The third-order valence-electron chi connectivity index (χ3n) is 3.78. The molecule has 0 saturated heterocycles. The van der Waals surface area contributed by atoms with E-state index in [1.807, 2.05) is 13.0 Å². The summed E-state index contributed by atoms with van der Waals surface area (Å²) in [5.74, 6) is 0.748. The molecule has 0 spiro atoms. The minimum absolute atomic E-state index is 0.152. The van der Waals surface area contributed by atoms with Gasteiger partial charge in [-0.1, -0.05) is 32.1 Å². The van der Waals surface area contributed by atoms with Crippen LogP contribution in [0.3, 0.4) is 0 Å². The lowest BCUT2D eigenvalue weighted by Gasteiger charge is -2.21. The van der Waals surface area contributed by atoms with Gasteiger partial charge >= 0.3 is 0 Å². The molecule has 2 rings (SSSR count). The Morgan fingerprint density at radius 3 is 2.71 bits per heavy atom. The van der Waals surface area contributed by atoms with Crippen molar-refractivity contribution < 1.29 is 4.39 Å². The SMILES string of the molecule is Cc1cc(F)ccc1NCCC1CCCCC1. The lowest BCUT2D eigenvalue weighted by atomic mass is 9.87. The van der Waals surface area contributed by atoms with Crippen molar-refractivity contribution >= 4 is 5.69 Å². The minimum atomic E-state index is -0.152. The lowest BCUT2D eigenvalue weighted by molar-refractivity contribution is 0.345. The van der Waals surface area contributed by atoms with E-state index in [4.69, 9.17) is 0 Å². The molecule has 17 heavy (non-hydrogen) atoms. The number of rotatable bonds is 4. The van der Waals surface area contributed by atoms with Crippen molar-refractivity contribution in [1.82, 2.24) is 0 Å². The van der Waals surface area contributed by atoms with E-state index in [0.717, 1.165) is 23.7 Å². The molecule has 0 atom stereocenters. The number of hydrogen-bond donors (Lipinski definition) is 1. The van der Waals surface area contributed by atoms with Crippen molar-refractivity contribution in [3.8, 4) is 0 Å². The maximum absolute atomic E-state index is 12.9. The quantitative estimate of drug-likeness (QED) is 0.809. The molecule has 0 bridgehead atoms. The Morgan fingerprint density at radius 2 is 2.00 bits per heavy atom. The topological polar surface area (TPSA) is 12.0 Å². The van der Waals surface area contributed by atoms with Crippen molar-refractivity contribution in [3.05, 3.63) is 29.6 Å². The Morgan fingerprint density at radius 1 is 1.24 bits per heavy atom. The Bertz CT molecular complexity index is 356. The molecule has 1 aliphatic rings. The van der Waals surface area contributed by atoms with Crippen LogP contribution in [0.2, 0.25) is 0 Å². The van der Waals surface area contributed by atoms with Crippen LogP contribution in [0.15, 0.2) is 18.2 Å². The summed E-state index contributed by atoms with van der Waals surface area (Å²) in [5, 5.41) is 3.42. The second-order valence-electron chi connectivity index (χ2n) is 5.18. The van der Waals surface area contributed by atoms with E-state index >= 15 is 0 Å². The predicted molar refractivity (Wildman–Crippen MR) is 70.8 cm³/mol. The first kappa shape index (κ1) is 12.4. The maximum Gasteiger partial charge on any atom is 0.123 e. The molecule has 1 nitrogen and oxygen atoms in total. The van der Waals surface area contributed by atoms with Gasteiger partial charge in [0, 0.05) is 12.2 Å². The van der Waals surface area contributed by atoms with Gasteiger partial charge in [0.2, 0.25) is 0 Å². The van der Waals surface area contributed by atoms with Gasteiger partial charge in [-0.15, -0.1) is 0 Å². The summed E-state index contributed by atoms with van der Waals surface area (Å²) in [6.07, 6.45) is 8.26. The highest BCUT2D eigenvalue weighted by atomic mass is 19.1. The fraction of sp³-hybridized carbons (Fsp3) is 0.600. The fourth-order valence-electron chi connectivity index (χ4n) is 2.71. The molecule has 2 heteroatoms. The molecular weight excluding hydrogens is 213 g/mol. The van der Waals surface area contributed by atoms with Crippen LogP contribution in [0.25, 0.3) is 0 Å². The summed E-state index contributed by atoms with van der Waals surface area (Å²) >= 11 is 0. The van der Waals surface area contributed by atoms with Crippen LogP contribution in [0.5, 0.6) is 0 Å². The maximum atomic E-state index is 12.9. The van der Waals surface area contributed by atoms with E-state index in [0.29, 0.717) is 0 Å². The molecule has 94 valence electrons. The van der Waals surface area contributed by atoms with Crippen LogP contribution in [-0.4, -0.2) is 6.54 Å². The van der Waals surface area contributed by atoms with Gasteiger partial charge in [-0.2, -0.15) is 0 Å². The highest BCUT2D eigenvalue weighted by Crippen LogP contribution is 2.26. The monoisotopic (exact) mass is 235 g/mol. The number of benzene rings is 1. The van der Waals surface area contributed by atoms with Gasteiger partial charge in [0.25, 0.3) is 0 Å². The highest BCUT2D eigenvalue weighted by molar-refractivity contribution is 5.50. The van der Waals surface area contributed by atoms with E-state index in [2.05, 4.69) is 5.32 Å². The first-order valence-electron chi connectivity index (χ1n) is 6.76. The number of aryl methyl sites for hydroxylation is 1. The molecule has 0 unspecified atom stereocenters. The summed E-state index contributed by atoms with van der Waals surface area (Å²) in [7, 11) is 0. The summed E-state index contributed by atoms with van der Waals surface area (Å²) in [4.78, 5) is 0. The third kappa shape index (κ3) is 3.72. The average molecular weight is 235 g/mol.